The van der Waals surface area contributed by atoms with Gasteiger partial charge in [-0.1, -0.05) is 18.5 Å². The van der Waals surface area contributed by atoms with E-state index in [0.29, 0.717) is 22.8 Å². The van der Waals surface area contributed by atoms with Crippen molar-refractivity contribution in [2.75, 3.05) is 30.0 Å². The fourth-order valence-corrected chi connectivity index (χ4v) is 4.13. The summed E-state index contributed by atoms with van der Waals surface area (Å²) in [4.78, 5) is 22.9. The first-order valence-corrected chi connectivity index (χ1v) is 11.3. The highest BCUT2D eigenvalue weighted by Crippen LogP contribution is 2.37. The summed E-state index contributed by atoms with van der Waals surface area (Å²) in [6, 6.07) is 6.02. The Hall–Kier alpha value is -2.38. The molecule has 4 rings (SSSR count). The van der Waals surface area contributed by atoms with Crippen LogP contribution in [0.25, 0.3) is 0 Å². The van der Waals surface area contributed by atoms with Crippen LogP contribution in [-0.4, -0.2) is 46.8 Å². The third-order valence-electron chi connectivity index (χ3n) is 5.98. The molecule has 2 aromatic heterocycles. The molecular weight excluding hydrogens is 416 g/mol. The van der Waals surface area contributed by atoms with Crippen LogP contribution in [0.15, 0.2) is 30.6 Å². The summed E-state index contributed by atoms with van der Waals surface area (Å²) in [7, 11) is 0. The number of pyridine rings is 2. The van der Waals surface area contributed by atoms with Crippen molar-refractivity contribution in [3.63, 3.8) is 0 Å². The molecule has 0 bridgehead atoms. The minimum atomic E-state index is -0.817. The molecule has 3 heterocycles. The van der Waals surface area contributed by atoms with Crippen LogP contribution in [0.2, 0.25) is 5.02 Å². The van der Waals surface area contributed by atoms with Gasteiger partial charge >= 0.3 is 5.97 Å². The van der Waals surface area contributed by atoms with E-state index in [4.69, 9.17) is 21.3 Å². The number of hydrogen-bond donors (Lipinski definition) is 2. The number of hydrogen-bond acceptors (Lipinski definition) is 6. The molecule has 1 saturated carbocycles. The van der Waals surface area contributed by atoms with Gasteiger partial charge < -0.3 is 20.1 Å². The Labute approximate surface area is 187 Å². The van der Waals surface area contributed by atoms with E-state index in [9.17, 15) is 9.90 Å². The molecule has 7 nitrogen and oxygen atoms in total. The van der Waals surface area contributed by atoms with Crippen molar-refractivity contribution >= 4 is 34.9 Å². The number of carboxylic acids is 1. The molecular formula is C23H29ClN4O3. The number of carbonyl (C=O) groups is 1. The quantitative estimate of drug-likeness (QED) is 0.571. The average Bonchev–Trinajstić information content (AvgIpc) is 3.58. The first-order valence-electron chi connectivity index (χ1n) is 10.9. The van der Waals surface area contributed by atoms with Crippen molar-refractivity contribution < 1.29 is 14.6 Å². The highest BCUT2D eigenvalue weighted by atomic mass is 35.5. The van der Waals surface area contributed by atoms with Gasteiger partial charge in [0.25, 0.3) is 0 Å². The molecule has 1 saturated heterocycles. The Morgan fingerprint density at radius 3 is 2.68 bits per heavy atom. The molecule has 8 heteroatoms. The predicted molar refractivity (Wildman–Crippen MR) is 121 cm³/mol. The SMILES string of the molecule is CC(CC(=O)O)c1cnc(N(CC2CC2)C2CCOCC2)c(Nc2ccc(Cl)cn2)c1. The number of rotatable bonds is 9. The molecule has 0 aromatic carbocycles. The van der Waals surface area contributed by atoms with Crippen LogP contribution in [0.3, 0.4) is 0 Å². The summed E-state index contributed by atoms with van der Waals surface area (Å²) in [5.74, 6) is 1.31. The number of aromatic nitrogens is 2. The molecule has 166 valence electrons. The zero-order chi connectivity index (χ0) is 21.8. The lowest BCUT2D eigenvalue weighted by molar-refractivity contribution is -0.137. The van der Waals surface area contributed by atoms with Gasteiger partial charge in [0.1, 0.15) is 5.82 Å². The van der Waals surface area contributed by atoms with Crippen molar-refractivity contribution in [1.29, 1.82) is 0 Å². The maximum absolute atomic E-state index is 11.2. The fourth-order valence-electron chi connectivity index (χ4n) is 4.02. The lowest BCUT2D eigenvalue weighted by Gasteiger charge is -2.36. The molecule has 0 amide bonds. The second-order valence-electron chi connectivity index (χ2n) is 8.56. The van der Waals surface area contributed by atoms with Gasteiger partial charge in [-0.3, -0.25) is 4.79 Å². The number of carboxylic acid groups (broad SMARTS) is 1. The van der Waals surface area contributed by atoms with E-state index in [2.05, 4.69) is 15.2 Å². The second kappa shape index (κ2) is 9.83. The maximum Gasteiger partial charge on any atom is 0.303 e. The topological polar surface area (TPSA) is 87.6 Å². The average molecular weight is 445 g/mol. The number of anilines is 3. The van der Waals surface area contributed by atoms with Crippen LogP contribution >= 0.6 is 11.6 Å². The Morgan fingerprint density at radius 1 is 1.26 bits per heavy atom. The molecule has 1 unspecified atom stereocenters. The van der Waals surface area contributed by atoms with Gasteiger partial charge in [0.2, 0.25) is 0 Å². The van der Waals surface area contributed by atoms with E-state index < -0.39 is 5.97 Å². The molecule has 2 aliphatic rings. The van der Waals surface area contributed by atoms with Crippen LogP contribution < -0.4 is 10.2 Å². The number of ether oxygens (including phenoxy) is 1. The molecule has 2 aromatic rings. The van der Waals surface area contributed by atoms with E-state index in [1.54, 1.807) is 12.3 Å². The lowest BCUT2D eigenvalue weighted by atomic mass is 9.98. The molecule has 1 aliphatic heterocycles. The molecule has 0 spiro atoms. The third-order valence-corrected chi connectivity index (χ3v) is 6.21. The van der Waals surface area contributed by atoms with Gasteiger partial charge in [-0.05, 0) is 61.3 Å². The molecule has 2 N–H and O–H groups in total. The molecule has 1 atom stereocenters. The summed E-state index contributed by atoms with van der Waals surface area (Å²) in [6.07, 6.45) is 7.96. The number of aliphatic carboxylic acids is 1. The number of nitrogens with zero attached hydrogens (tertiary/aromatic N) is 3. The lowest BCUT2D eigenvalue weighted by Crippen LogP contribution is -2.41. The van der Waals surface area contributed by atoms with Crippen LogP contribution in [0.4, 0.5) is 17.3 Å². The van der Waals surface area contributed by atoms with E-state index in [1.807, 2.05) is 25.3 Å². The Morgan fingerprint density at radius 2 is 2.03 bits per heavy atom. The van der Waals surface area contributed by atoms with Gasteiger partial charge in [-0.2, -0.15) is 0 Å². The third kappa shape index (κ3) is 5.86. The summed E-state index contributed by atoms with van der Waals surface area (Å²) in [5.41, 5.74) is 1.73. The van der Waals surface area contributed by atoms with Crippen molar-refractivity contribution in [1.82, 2.24) is 9.97 Å². The standard InChI is InChI=1S/C23H29ClN4O3/c1-15(10-22(29)30)17-11-20(27-21-5-4-18(24)13-25-21)23(26-12-17)28(14-16-2-3-16)19-6-8-31-9-7-19/h4-5,11-13,15-16,19H,2-3,6-10,14H2,1H3,(H,25,27)(H,29,30). The summed E-state index contributed by atoms with van der Waals surface area (Å²) >= 11 is 6.00. The first kappa shape index (κ1) is 21.8. The Balaban J connectivity index is 1.69. The van der Waals surface area contributed by atoms with E-state index in [-0.39, 0.29) is 12.3 Å². The van der Waals surface area contributed by atoms with Gasteiger partial charge in [0.15, 0.2) is 5.82 Å². The van der Waals surface area contributed by atoms with Crippen molar-refractivity contribution in [3.8, 4) is 0 Å². The second-order valence-corrected chi connectivity index (χ2v) is 9.00. The monoisotopic (exact) mass is 444 g/mol. The van der Waals surface area contributed by atoms with Gasteiger partial charge in [-0.15, -0.1) is 0 Å². The minimum absolute atomic E-state index is 0.0609. The Kier molecular flexibility index (Phi) is 6.92. The normalized spacial score (nSPS) is 17.9. The highest BCUT2D eigenvalue weighted by molar-refractivity contribution is 6.30. The number of halogens is 1. The zero-order valence-corrected chi connectivity index (χ0v) is 18.5. The molecule has 2 fully saturated rings. The largest absolute Gasteiger partial charge is 0.481 e. The van der Waals surface area contributed by atoms with Gasteiger partial charge in [0, 0.05) is 38.2 Å². The van der Waals surface area contributed by atoms with Crippen LogP contribution in [0.5, 0.6) is 0 Å². The summed E-state index contributed by atoms with van der Waals surface area (Å²) in [5, 5.41) is 13.2. The van der Waals surface area contributed by atoms with Crippen molar-refractivity contribution in [2.45, 2.75) is 51.0 Å². The van der Waals surface area contributed by atoms with Gasteiger partial charge in [-0.25, -0.2) is 9.97 Å². The van der Waals surface area contributed by atoms with Crippen LogP contribution in [0, 0.1) is 5.92 Å². The van der Waals surface area contributed by atoms with E-state index in [0.717, 1.165) is 49.7 Å². The summed E-state index contributed by atoms with van der Waals surface area (Å²) in [6.45, 7) is 4.42. The Bertz CT molecular complexity index is 898. The highest BCUT2D eigenvalue weighted by Gasteiger charge is 2.31. The van der Waals surface area contributed by atoms with E-state index in [1.165, 1.54) is 12.8 Å². The first-order chi connectivity index (χ1) is 15.0. The van der Waals surface area contributed by atoms with Crippen LogP contribution in [0.1, 0.15) is 50.5 Å². The smallest absolute Gasteiger partial charge is 0.303 e. The van der Waals surface area contributed by atoms with Crippen molar-refractivity contribution in [3.05, 3.63) is 41.2 Å². The predicted octanol–water partition coefficient (Wildman–Crippen LogP) is 4.85. The fraction of sp³-hybridized carbons (Fsp3) is 0.522. The molecule has 31 heavy (non-hydrogen) atoms. The molecule has 1 aliphatic carbocycles. The number of nitrogens with one attached hydrogen (secondary N) is 1. The zero-order valence-electron chi connectivity index (χ0n) is 17.8. The van der Waals surface area contributed by atoms with Gasteiger partial charge in [0.05, 0.1) is 17.1 Å². The molecule has 0 radical (unpaired) electrons. The maximum atomic E-state index is 11.2. The van der Waals surface area contributed by atoms with Crippen LogP contribution in [-0.2, 0) is 9.53 Å². The summed E-state index contributed by atoms with van der Waals surface area (Å²) < 4.78 is 5.59. The van der Waals surface area contributed by atoms with E-state index >= 15 is 0 Å². The minimum Gasteiger partial charge on any atom is -0.481 e. The van der Waals surface area contributed by atoms with Crippen molar-refractivity contribution in [2.24, 2.45) is 5.92 Å².